The van der Waals surface area contributed by atoms with E-state index in [1.54, 1.807) is 0 Å². The summed E-state index contributed by atoms with van der Waals surface area (Å²) in [7, 11) is 0. The number of carbonyl (C=O) groups is 2. The van der Waals surface area contributed by atoms with Crippen molar-refractivity contribution in [3.8, 4) is 11.1 Å². The van der Waals surface area contributed by atoms with E-state index in [-0.39, 0.29) is 35.8 Å². The van der Waals surface area contributed by atoms with Crippen molar-refractivity contribution in [1.29, 1.82) is 0 Å². The van der Waals surface area contributed by atoms with E-state index in [4.69, 9.17) is 4.74 Å². The van der Waals surface area contributed by atoms with Crippen LogP contribution in [0.25, 0.3) is 17.2 Å². The molecule has 180 valence electrons. The van der Waals surface area contributed by atoms with Crippen LogP contribution in [0.1, 0.15) is 53.9 Å². The Morgan fingerprint density at radius 3 is 2.08 bits per heavy atom. The lowest BCUT2D eigenvalue weighted by atomic mass is 9.84. The molecular formula is C32H29NO3. The van der Waals surface area contributed by atoms with Gasteiger partial charge in [-0.2, -0.15) is 0 Å². The first-order valence-corrected chi connectivity index (χ1v) is 13.1. The van der Waals surface area contributed by atoms with Gasteiger partial charge in [-0.25, -0.2) is 4.79 Å². The summed E-state index contributed by atoms with van der Waals surface area (Å²) >= 11 is 0. The quantitative estimate of drug-likeness (QED) is 0.439. The number of nitrogens with zero attached hydrogens (tertiary/aromatic N) is 1. The Bertz CT molecular complexity index is 1350. The number of fused-ring (bicyclic) bond motifs is 6. The molecular weight excluding hydrogens is 446 g/mol. The van der Waals surface area contributed by atoms with Crippen LogP contribution in [0.15, 0.2) is 78.4 Å². The monoisotopic (exact) mass is 475 g/mol. The second-order valence-corrected chi connectivity index (χ2v) is 10.7. The van der Waals surface area contributed by atoms with Crippen LogP contribution in [0.2, 0.25) is 0 Å². The number of carbonyl (C=O) groups excluding carboxylic acids is 2. The molecule has 0 spiro atoms. The third-order valence-electron chi connectivity index (χ3n) is 8.73. The first kappa shape index (κ1) is 21.6. The highest BCUT2D eigenvalue weighted by atomic mass is 16.6. The van der Waals surface area contributed by atoms with Gasteiger partial charge in [-0.1, -0.05) is 72.8 Å². The van der Waals surface area contributed by atoms with E-state index in [2.05, 4.69) is 66.7 Å². The molecule has 4 nitrogen and oxygen atoms in total. The number of ketones is 1. The predicted octanol–water partition coefficient (Wildman–Crippen LogP) is 6.39. The number of hydrogen-bond acceptors (Lipinski definition) is 3. The third kappa shape index (κ3) is 3.42. The van der Waals surface area contributed by atoms with Crippen molar-refractivity contribution < 1.29 is 14.3 Å². The highest BCUT2D eigenvalue weighted by Gasteiger charge is 2.46. The second kappa shape index (κ2) is 8.48. The fourth-order valence-corrected chi connectivity index (χ4v) is 7.06. The predicted molar refractivity (Wildman–Crippen MR) is 140 cm³/mol. The van der Waals surface area contributed by atoms with E-state index >= 15 is 0 Å². The van der Waals surface area contributed by atoms with Crippen molar-refractivity contribution in [2.45, 2.75) is 50.1 Å². The van der Waals surface area contributed by atoms with Gasteiger partial charge in [0.15, 0.2) is 5.78 Å². The minimum Gasteiger partial charge on any atom is -0.448 e. The molecule has 2 saturated heterocycles. The van der Waals surface area contributed by atoms with Crippen molar-refractivity contribution in [1.82, 2.24) is 4.90 Å². The summed E-state index contributed by atoms with van der Waals surface area (Å²) in [6.07, 6.45) is 5.98. The second-order valence-electron chi connectivity index (χ2n) is 10.7. The van der Waals surface area contributed by atoms with Gasteiger partial charge >= 0.3 is 6.09 Å². The van der Waals surface area contributed by atoms with Crippen LogP contribution in [0.3, 0.4) is 0 Å². The summed E-state index contributed by atoms with van der Waals surface area (Å²) in [5, 5.41) is 0. The van der Waals surface area contributed by atoms with Crippen LogP contribution in [0.5, 0.6) is 0 Å². The Balaban J connectivity index is 1.03. The van der Waals surface area contributed by atoms with Crippen LogP contribution in [0, 0.1) is 5.92 Å². The lowest BCUT2D eigenvalue weighted by Crippen LogP contribution is -2.48. The maximum absolute atomic E-state index is 13.4. The summed E-state index contributed by atoms with van der Waals surface area (Å²) < 4.78 is 5.99. The number of amides is 1. The molecule has 36 heavy (non-hydrogen) atoms. The Kier molecular flexibility index (Phi) is 5.09. The summed E-state index contributed by atoms with van der Waals surface area (Å²) in [6, 6.07) is 25.3. The van der Waals surface area contributed by atoms with E-state index in [9.17, 15) is 9.59 Å². The van der Waals surface area contributed by atoms with Crippen LogP contribution < -0.4 is 0 Å². The summed E-state index contributed by atoms with van der Waals surface area (Å²) in [4.78, 5) is 28.7. The topological polar surface area (TPSA) is 46.6 Å². The van der Waals surface area contributed by atoms with Crippen LogP contribution >= 0.6 is 0 Å². The molecule has 0 aromatic heterocycles. The standard InChI is InChI=1S/C32H29NO3/c34-31(22-15-20-7-1-2-8-21(20)16-22)23-17-24-13-14-25(18-23)33(24)32(35)36-19-30-28-11-5-3-9-26(28)27-10-4-6-12-29(27)30/h1-12,15,23-25,30H,13-14,16-19H2. The molecule has 3 aromatic rings. The SMILES string of the molecule is O=C(C1=Cc2ccccc2C1)C1CC2CCC(C1)N2C(=O)OCC1c2ccccc2-c2ccccc21. The molecule has 3 aromatic carbocycles. The molecule has 2 fully saturated rings. The Hall–Kier alpha value is -3.66. The average Bonchev–Trinajstić information content (AvgIpc) is 3.57. The minimum absolute atomic E-state index is 0.000647. The van der Waals surface area contributed by atoms with E-state index in [0.717, 1.165) is 37.7 Å². The van der Waals surface area contributed by atoms with Gasteiger partial charge in [-0.15, -0.1) is 0 Å². The fourth-order valence-electron chi connectivity index (χ4n) is 7.06. The zero-order valence-electron chi connectivity index (χ0n) is 20.2. The fraction of sp³-hybridized carbons (Fsp3) is 0.312. The zero-order chi connectivity index (χ0) is 24.2. The molecule has 2 atom stereocenters. The molecule has 2 bridgehead atoms. The summed E-state index contributed by atoms with van der Waals surface area (Å²) in [5.41, 5.74) is 8.25. The number of hydrogen-bond donors (Lipinski definition) is 0. The number of piperidine rings is 1. The highest BCUT2D eigenvalue weighted by molar-refractivity contribution is 6.03. The summed E-state index contributed by atoms with van der Waals surface area (Å²) in [5.74, 6) is 0.338. The van der Waals surface area contributed by atoms with E-state index in [1.807, 2.05) is 17.0 Å². The van der Waals surface area contributed by atoms with Crippen molar-refractivity contribution in [3.63, 3.8) is 0 Å². The van der Waals surface area contributed by atoms with Gasteiger partial charge in [-0.05, 0) is 65.1 Å². The summed E-state index contributed by atoms with van der Waals surface area (Å²) in [6.45, 7) is 0.344. The molecule has 0 radical (unpaired) electrons. The van der Waals surface area contributed by atoms with Crippen LogP contribution in [0.4, 0.5) is 4.79 Å². The maximum Gasteiger partial charge on any atom is 0.410 e. The first-order valence-electron chi connectivity index (χ1n) is 13.1. The van der Waals surface area contributed by atoms with Crippen LogP contribution in [-0.2, 0) is 16.0 Å². The Morgan fingerprint density at radius 2 is 1.42 bits per heavy atom. The van der Waals surface area contributed by atoms with E-state index < -0.39 is 0 Å². The number of rotatable bonds is 4. The highest BCUT2D eigenvalue weighted by Crippen LogP contribution is 2.45. The molecule has 4 heteroatoms. The van der Waals surface area contributed by atoms with E-state index in [1.165, 1.54) is 33.4 Å². The number of benzene rings is 3. The molecule has 2 heterocycles. The average molecular weight is 476 g/mol. The van der Waals surface area contributed by atoms with Gasteiger partial charge in [0.25, 0.3) is 0 Å². The molecule has 4 aliphatic rings. The maximum atomic E-state index is 13.4. The zero-order valence-corrected chi connectivity index (χ0v) is 20.2. The molecule has 1 amide bonds. The molecule has 0 saturated carbocycles. The van der Waals surface area contributed by atoms with Gasteiger partial charge in [0.1, 0.15) is 6.61 Å². The first-order chi connectivity index (χ1) is 17.7. The molecule has 2 aliphatic carbocycles. The van der Waals surface area contributed by atoms with Gasteiger partial charge in [0, 0.05) is 35.9 Å². The van der Waals surface area contributed by atoms with Crippen molar-refractivity contribution in [2.75, 3.05) is 6.61 Å². The van der Waals surface area contributed by atoms with Crippen molar-refractivity contribution in [2.24, 2.45) is 5.92 Å². The van der Waals surface area contributed by atoms with Gasteiger partial charge in [0.05, 0.1) is 0 Å². The lowest BCUT2D eigenvalue weighted by molar-refractivity contribution is -0.121. The Labute approximate surface area is 211 Å². The van der Waals surface area contributed by atoms with Crippen LogP contribution in [-0.4, -0.2) is 35.5 Å². The molecule has 0 N–H and O–H groups in total. The third-order valence-corrected chi connectivity index (χ3v) is 8.73. The number of ether oxygens (including phenoxy) is 1. The normalized spacial score (nSPS) is 23.6. The molecule has 7 rings (SSSR count). The van der Waals surface area contributed by atoms with Crippen molar-refractivity contribution in [3.05, 3.63) is 101 Å². The van der Waals surface area contributed by atoms with Gasteiger partial charge in [0.2, 0.25) is 0 Å². The smallest absolute Gasteiger partial charge is 0.410 e. The number of allylic oxidation sites excluding steroid dienone is 1. The van der Waals surface area contributed by atoms with Gasteiger partial charge in [-0.3, -0.25) is 4.79 Å². The molecule has 2 unspecified atom stereocenters. The lowest BCUT2D eigenvalue weighted by Gasteiger charge is -2.38. The van der Waals surface area contributed by atoms with E-state index in [0.29, 0.717) is 6.61 Å². The van der Waals surface area contributed by atoms with Gasteiger partial charge < -0.3 is 9.64 Å². The number of Topliss-reactive ketones (excluding diaryl/α,β-unsaturated/α-hetero) is 1. The van der Waals surface area contributed by atoms with Crippen molar-refractivity contribution >= 4 is 18.0 Å². The minimum atomic E-state index is -0.220. The largest absolute Gasteiger partial charge is 0.448 e. The molecule has 2 aliphatic heterocycles. The Morgan fingerprint density at radius 1 is 0.806 bits per heavy atom.